The molecule has 0 radical (unpaired) electrons. The molecule has 0 aliphatic rings. The summed E-state index contributed by atoms with van der Waals surface area (Å²) >= 11 is 0. The van der Waals surface area contributed by atoms with Crippen molar-refractivity contribution < 1.29 is 13.9 Å². The van der Waals surface area contributed by atoms with E-state index in [1.165, 1.54) is 6.07 Å². The van der Waals surface area contributed by atoms with Crippen LogP contribution in [-0.4, -0.2) is 12.5 Å². The normalized spacial score (nSPS) is 10.2. The van der Waals surface area contributed by atoms with Gasteiger partial charge in [-0.05, 0) is 43.7 Å². The molecule has 0 saturated heterocycles. The maximum absolute atomic E-state index is 13.3. The van der Waals surface area contributed by atoms with E-state index in [1.807, 2.05) is 19.1 Å². The van der Waals surface area contributed by atoms with Crippen molar-refractivity contribution in [2.75, 3.05) is 11.9 Å². The van der Waals surface area contributed by atoms with Crippen LogP contribution in [0.5, 0.6) is 5.75 Å². The predicted molar refractivity (Wildman–Crippen MR) is 76.4 cm³/mol. The Hall–Kier alpha value is -2.36. The van der Waals surface area contributed by atoms with Crippen LogP contribution in [0.3, 0.4) is 0 Å². The Kier molecular flexibility index (Phi) is 4.35. The molecule has 0 saturated carbocycles. The quantitative estimate of drug-likeness (QED) is 0.926. The highest BCUT2D eigenvalue weighted by Crippen LogP contribution is 2.14. The van der Waals surface area contributed by atoms with E-state index in [4.69, 9.17) is 4.74 Å². The largest absolute Gasteiger partial charge is 0.484 e. The summed E-state index contributed by atoms with van der Waals surface area (Å²) in [6, 6.07) is 12.0. The van der Waals surface area contributed by atoms with Gasteiger partial charge in [0.1, 0.15) is 11.6 Å². The number of benzene rings is 2. The monoisotopic (exact) mass is 273 g/mol. The first-order valence-corrected chi connectivity index (χ1v) is 6.30. The summed E-state index contributed by atoms with van der Waals surface area (Å²) in [6.45, 7) is 3.53. The predicted octanol–water partition coefficient (Wildman–Crippen LogP) is 3.46. The third kappa shape index (κ3) is 3.82. The van der Waals surface area contributed by atoms with Crippen LogP contribution in [0, 0.1) is 19.7 Å². The number of halogens is 1. The first kappa shape index (κ1) is 14.1. The van der Waals surface area contributed by atoms with Gasteiger partial charge < -0.3 is 10.1 Å². The van der Waals surface area contributed by atoms with Crippen LogP contribution < -0.4 is 10.1 Å². The highest BCUT2D eigenvalue weighted by molar-refractivity contribution is 5.91. The van der Waals surface area contributed by atoms with Crippen molar-refractivity contribution in [3.63, 3.8) is 0 Å². The van der Waals surface area contributed by atoms with Gasteiger partial charge in [0.15, 0.2) is 6.61 Å². The zero-order valence-corrected chi connectivity index (χ0v) is 11.4. The Balaban J connectivity index is 1.89. The van der Waals surface area contributed by atoms with E-state index in [9.17, 15) is 9.18 Å². The molecule has 0 bridgehead atoms. The van der Waals surface area contributed by atoms with Gasteiger partial charge in [0.2, 0.25) is 0 Å². The summed E-state index contributed by atoms with van der Waals surface area (Å²) in [4.78, 5) is 11.7. The lowest BCUT2D eigenvalue weighted by Gasteiger charge is -2.08. The summed E-state index contributed by atoms with van der Waals surface area (Å²) in [5.41, 5.74) is 2.08. The third-order valence-corrected chi connectivity index (χ3v) is 2.85. The van der Waals surface area contributed by atoms with E-state index in [2.05, 4.69) is 5.32 Å². The highest BCUT2D eigenvalue weighted by atomic mass is 19.1. The molecule has 1 N–H and O–H groups in total. The molecule has 3 nitrogen and oxygen atoms in total. The van der Waals surface area contributed by atoms with Crippen molar-refractivity contribution >= 4 is 11.6 Å². The van der Waals surface area contributed by atoms with E-state index < -0.39 is 0 Å². The maximum Gasteiger partial charge on any atom is 0.262 e. The van der Waals surface area contributed by atoms with Gasteiger partial charge >= 0.3 is 0 Å². The minimum Gasteiger partial charge on any atom is -0.484 e. The van der Waals surface area contributed by atoms with Crippen LogP contribution in [0.25, 0.3) is 0 Å². The van der Waals surface area contributed by atoms with Gasteiger partial charge in [0.05, 0.1) is 0 Å². The van der Waals surface area contributed by atoms with Crippen molar-refractivity contribution in [1.29, 1.82) is 0 Å². The van der Waals surface area contributed by atoms with Crippen molar-refractivity contribution in [2.45, 2.75) is 13.8 Å². The second-order valence-corrected chi connectivity index (χ2v) is 4.61. The maximum atomic E-state index is 13.3. The average Bonchev–Trinajstić information content (AvgIpc) is 2.42. The summed E-state index contributed by atoms with van der Waals surface area (Å²) in [6.07, 6.45) is 0. The zero-order chi connectivity index (χ0) is 14.5. The van der Waals surface area contributed by atoms with Gasteiger partial charge in [0.25, 0.3) is 5.91 Å². The molecule has 20 heavy (non-hydrogen) atoms. The third-order valence-electron chi connectivity index (χ3n) is 2.85. The molecule has 104 valence electrons. The zero-order valence-electron chi connectivity index (χ0n) is 11.4. The van der Waals surface area contributed by atoms with Crippen LogP contribution in [0.15, 0.2) is 42.5 Å². The fraction of sp³-hybridized carbons (Fsp3) is 0.188. The van der Waals surface area contributed by atoms with Gasteiger partial charge in [-0.25, -0.2) is 4.39 Å². The van der Waals surface area contributed by atoms with E-state index in [0.29, 0.717) is 17.0 Å². The van der Waals surface area contributed by atoms with Crippen molar-refractivity contribution in [1.82, 2.24) is 0 Å². The Morgan fingerprint density at radius 2 is 1.85 bits per heavy atom. The first-order valence-electron chi connectivity index (χ1n) is 6.30. The minimum atomic E-state index is -0.345. The topological polar surface area (TPSA) is 38.3 Å². The van der Waals surface area contributed by atoms with Crippen LogP contribution in [0.4, 0.5) is 10.1 Å². The molecule has 0 heterocycles. The molecule has 0 aromatic heterocycles. The number of hydrogen-bond donors (Lipinski definition) is 1. The number of ether oxygens (including phenoxy) is 1. The van der Waals surface area contributed by atoms with Gasteiger partial charge in [-0.1, -0.05) is 23.8 Å². The first-order chi connectivity index (χ1) is 9.54. The summed E-state index contributed by atoms with van der Waals surface area (Å²) < 4.78 is 18.7. The number of carbonyl (C=O) groups excluding carboxylic acids is 1. The molecule has 0 aliphatic carbocycles. The van der Waals surface area contributed by atoms with E-state index in [1.54, 1.807) is 31.2 Å². The van der Waals surface area contributed by atoms with Crippen LogP contribution in [-0.2, 0) is 4.79 Å². The number of anilines is 1. The lowest BCUT2D eigenvalue weighted by atomic mass is 10.2. The average molecular weight is 273 g/mol. The number of rotatable bonds is 4. The second kappa shape index (κ2) is 6.19. The number of aryl methyl sites for hydroxylation is 2. The molecule has 2 rings (SSSR count). The second-order valence-electron chi connectivity index (χ2n) is 4.61. The Bertz CT molecular complexity index is 608. The fourth-order valence-electron chi connectivity index (χ4n) is 1.65. The molecule has 1 amide bonds. The van der Waals surface area contributed by atoms with Gasteiger partial charge in [-0.2, -0.15) is 0 Å². The van der Waals surface area contributed by atoms with Crippen molar-refractivity contribution in [2.24, 2.45) is 0 Å². The summed E-state index contributed by atoms with van der Waals surface area (Å²) in [5.74, 6) is -0.0445. The lowest BCUT2D eigenvalue weighted by Crippen LogP contribution is -2.20. The molecular weight excluding hydrogens is 257 g/mol. The molecular formula is C16H16FNO2. The molecule has 4 heteroatoms. The van der Waals surface area contributed by atoms with Crippen molar-refractivity contribution in [3.8, 4) is 5.75 Å². The number of amides is 1. The molecule has 0 aliphatic heterocycles. The lowest BCUT2D eigenvalue weighted by molar-refractivity contribution is -0.118. The highest BCUT2D eigenvalue weighted by Gasteiger charge is 2.05. The van der Waals surface area contributed by atoms with Gasteiger partial charge in [-0.3, -0.25) is 4.79 Å². The van der Waals surface area contributed by atoms with Crippen LogP contribution >= 0.6 is 0 Å². The molecule has 0 atom stereocenters. The molecule has 2 aromatic carbocycles. The Morgan fingerprint density at radius 3 is 2.50 bits per heavy atom. The molecule has 0 fully saturated rings. The van der Waals surface area contributed by atoms with Crippen molar-refractivity contribution in [3.05, 3.63) is 59.4 Å². The van der Waals surface area contributed by atoms with E-state index in [0.717, 1.165) is 5.56 Å². The molecule has 2 aromatic rings. The molecule has 0 spiro atoms. The fourth-order valence-corrected chi connectivity index (χ4v) is 1.65. The SMILES string of the molecule is Cc1ccc(OCC(=O)Nc2ccc(C)c(F)c2)cc1. The molecule has 0 unspecified atom stereocenters. The standard InChI is InChI=1S/C16H16FNO2/c1-11-3-7-14(8-4-11)20-10-16(19)18-13-6-5-12(2)15(17)9-13/h3-9H,10H2,1-2H3,(H,18,19). The minimum absolute atomic E-state index is 0.113. The number of nitrogens with one attached hydrogen (secondary N) is 1. The van der Waals surface area contributed by atoms with Gasteiger partial charge in [-0.15, -0.1) is 0 Å². The number of hydrogen-bond acceptors (Lipinski definition) is 2. The van der Waals surface area contributed by atoms with E-state index >= 15 is 0 Å². The van der Waals surface area contributed by atoms with Crippen LogP contribution in [0.1, 0.15) is 11.1 Å². The Morgan fingerprint density at radius 1 is 1.15 bits per heavy atom. The van der Waals surface area contributed by atoms with Gasteiger partial charge in [0, 0.05) is 5.69 Å². The summed E-state index contributed by atoms with van der Waals surface area (Å²) in [7, 11) is 0. The summed E-state index contributed by atoms with van der Waals surface area (Å²) in [5, 5.41) is 2.59. The van der Waals surface area contributed by atoms with E-state index in [-0.39, 0.29) is 18.3 Å². The number of carbonyl (C=O) groups is 1. The Labute approximate surface area is 117 Å². The van der Waals surface area contributed by atoms with Crippen LogP contribution in [0.2, 0.25) is 0 Å². The smallest absolute Gasteiger partial charge is 0.262 e.